The van der Waals surface area contributed by atoms with E-state index in [-0.39, 0.29) is 22.0 Å². The van der Waals surface area contributed by atoms with Gasteiger partial charge in [0.1, 0.15) is 5.75 Å². The first-order valence-corrected chi connectivity index (χ1v) is 12.5. The number of thiocarbonyl (C=S) groups is 1. The van der Waals surface area contributed by atoms with Crippen molar-refractivity contribution in [2.75, 3.05) is 10.0 Å². The average Bonchev–Trinajstić information content (AvgIpc) is 2.77. The van der Waals surface area contributed by atoms with Crippen molar-refractivity contribution in [1.82, 2.24) is 5.32 Å². The highest BCUT2D eigenvalue weighted by atomic mass is 32.2. The molecule has 0 spiro atoms. The quantitative estimate of drug-likeness (QED) is 0.397. The van der Waals surface area contributed by atoms with Crippen molar-refractivity contribution in [1.29, 1.82) is 0 Å². The highest BCUT2D eigenvalue weighted by molar-refractivity contribution is 7.92. The number of anilines is 2. The van der Waals surface area contributed by atoms with Gasteiger partial charge < -0.3 is 10.1 Å². The number of ether oxygens (including phenoxy) is 1. The number of carbonyl (C=O) groups is 1. The molecular weight excluding hydrogens is 470 g/mol. The Labute approximate surface area is 205 Å². The van der Waals surface area contributed by atoms with Gasteiger partial charge in [-0.05, 0) is 99.6 Å². The van der Waals surface area contributed by atoms with Crippen LogP contribution in [0.4, 0.5) is 11.4 Å². The van der Waals surface area contributed by atoms with Crippen LogP contribution in [0.5, 0.6) is 5.75 Å². The second-order valence-electron chi connectivity index (χ2n) is 8.00. The van der Waals surface area contributed by atoms with Crippen molar-refractivity contribution in [2.45, 2.75) is 38.7 Å². The number of para-hydroxylation sites is 1. The summed E-state index contributed by atoms with van der Waals surface area (Å²) in [4.78, 5) is 12.5. The summed E-state index contributed by atoms with van der Waals surface area (Å²) in [5, 5.41) is 5.59. The Morgan fingerprint density at radius 2 is 1.50 bits per heavy atom. The summed E-state index contributed by atoms with van der Waals surface area (Å²) in [5.41, 5.74) is 3.21. The van der Waals surface area contributed by atoms with Crippen LogP contribution >= 0.6 is 12.2 Å². The number of hydrogen-bond donors (Lipinski definition) is 3. The Hall–Kier alpha value is -3.43. The lowest BCUT2D eigenvalue weighted by atomic mass is 10.1. The zero-order valence-electron chi connectivity index (χ0n) is 19.4. The van der Waals surface area contributed by atoms with E-state index in [1.54, 1.807) is 36.4 Å². The summed E-state index contributed by atoms with van der Waals surface area (Å²) >= 11 is 5.22. The minimum Gasteiger partial charge on any atom is -0.491 e. The van der Waals surface area contributed by atoms with E-state index in [1.807, 2.05) is 45.9 Å². The van der Waals surface area contributed by atoms with Crippen LogP contribution in [0.3, 0.4) is 0 Å². The number of nitrogens with one attached hydrogen (secondary N) is 3. The van der Waals surface area contributed by atoms with Crippen LogP contribution in [0.1, 0.15) is 35.3 Å². The van der Waals surface area contributed by atoms with Gasteiger partial charge in [0.25, 0.3) is 15.9 Å². The van der Waals surface area contributed by atoms with E-state index in [1.165, 1.54) is 12.1 Å². The van der Waals surface area contributed by atoms with Crippen molar-refractivity contribution in [3.8, 4) is 5.75 Å². The molecule has 0 bridgehead atoms. The van der Waals surface area contributed by atoms with Crippen LogP contribution in [0, 0.1) is 13.8 Å². The molecular formula is C25H27N3O4S2. The fraction of sp³-hybridized carbons (Fsp3) is 0.200. The van der Waals surface area contributed by atoms with Crippen LogP contribution in [-0.4, -0.2) is 25.5 Å². The van der Waals surface area contributed by atoms with E-state index in [4.69, 9.17) is 17.0 Å². The SMILES string of the molecule is Cc1cccc(C)c1NS(=O)(=O)c1ccc(NC(=S)NC(=O)c2ccc(OC(C)C)cc2)cc1. The van der Waals surface area contributed by atoms with E-state index in [0.29, 0.717) is 22.7 Å². The summed E-state index contributed by atoms with van der Waals surface area (Å²) in [6, 6.07) is 18.4. The normalized spacial score (nSPS) is 11.1. The van der Waals surface area contributed by atoms with Crippen molar-refractivity contribution < 1.29 is 17.9 Å². The monoisotopic (exact) mass is 497 g/mol. The molecule has 0 aliphatic rings. The fourth-order valence-corrected chi connectivity index (χ4v) is 4.59. The lowest BCUT2D eigenvalue weighted by Crippen LogP contribution is -2.34. The summed E-state index contributed by atoms with van der Waals surface area (Å²) in [5.74, 6) is 0.306. The van der Waals surface area contributed by atoms with Crippen molar-refractivity contribution in [3.63, 3.8) is 0 Å². The first-order chi connectivity index (χ1) is 16.0. The molecule has 3 N–H and O–H groups in total. The lowest BCUT2D eigenvalue weighted by Gasteiger charge is -2.14. The Kier molecular flexibility index (Phi) is 7.90. The number of aryl methyl sites for hydroxylation is 2. The van der Waals surface area contributed by atoms with Crippen molar-refractivity contribution in [2.24, 2.45) is 0 Å². The minimum absolute atomic E-state index is 0.0418. The molecule has 0 unspecified atom stereocenters. The Morgan fingerprint density at radius 1 is 0.912 bits per heavy atom. The van der Waals surface area contributed by atoms with Crippen molar-refractivity contribution in [3.05, 3.63) is 83.4 Å². The van der Waals surface area contributed by atoms with Crippen molar-refractivity contribution >= 4 is 44.6 Å². The molecule has 0 fully saturated rings. The fourth-order valence-electron chi connectivity index (χ4n) is 3.18. The maximum Gasteiger partial charge on any atom is 0.261 e. The van der Waals surface area contributed by atoms with Crippen LogP contribution in [0.2, 0.25) is 0 Å². The zero-order chi connectivity index (χ0) is 24.9. The molecule has 34 heavy (non-hydrogen) atoms. The summed E-state index contributed by atoms with van der Waals surface area (Å²) in [7, 11) is -3.76. The van der Waals surface area contributed by atoms with E-state index in [0.717, 1.165) is 11.1 Å². The second-order valence-corrected chi connectivity index (χ2v) is 10.1. The number of carbonyl (C=O) groups excluding carboxylic acids is 1. The standard InChI is InChI=1S/C25H27N3O4S2/c1-16(2)32-21-12-8-19(9-13-21)24(29)27-25(33)26-20-10-14-22(15-11-20)34(30,31)28-23-17(3)6-5-7-18(23)4/h5-16,28H,1-4H3,(H2,26,27,29,33). The van der Waals surface area contributed by atoms with Gasteiger partial charge in [-0.3, -0.25) is 14.8 Å². The second kappa shape index (κ2) is 10.7. The molecule has 0 saturated heterocycles. The predicted molar refractivity (Wildman–Crippen MR) is 139 cm³/mol. The van der Waals surface area contributed by atoms with Crippen LogP contribution in [0.15, 0.2) is 71.6 Å². The highest BCUT2D eigenvalue weighted by Gasteiger charge is 2.17. The molecule has 0 heterocycles. The van der Waals surface area contributed by atoms with Crippen LogP contribution in [0.25, 0.3) is 0 Å². The molecule has 0 radical (unpaired) electrons. The van der Waals surface area contributed by atoms with Gasteiger partial charge in [0.05, 0.1) is 16.7 Å². The number of rotatable bonds is 7. The number of hydrogen-bond acceptors (Lipinski definition) is 5. The van der Waals surface area contributed by atoms with Gasteiger partial charge in [0.15, 0.2) is 5.11 Å². The summed E-state index contributed by atoms with van der Waals surface area (Å²) in [6.07, 6.45) is 0.0418. The molecule has 3 aromatic carbocycles. The zero-order valence-corrected chi connectivity index (χ0v) is 21.0. The van der Waals surface area contributed by atoms with Gasteiger partial charge in [-0.2, -0.15) is 0 Å². The molecule has 0 aromatic heterocycles. The lowest BCUT2D eigenvalue weighted by molar-refractivity contribution is 0.0977. The van der Waals surface area contributed by atoms with E-state index in [9.17, 15) is 13.2 Å². The van der Waals surface area contributed by atoms with E-state index < -0.39 is 10.0 Å². The molecule has 0 atom stereocenters. The molecule has 0 aliphatic carbocycles. The largest absolute Gasteiger partial charge is 0.491 e. The molecule has 9 heteroatoms. The summed E-state index contributed by atoms with van der Waals surface area (Å²) < 4.78 is 33.8. The minimum atomic E-state index is -3.76. The summed E-state index contributed by atoms with van der Waals surface area (Å²) in [6.45, 7) is 7.55. The van der Waals surface area contributed by atoms with Gasteiger partial charge in [-0.15, -0.1) is 0 Å². The molecule has 3 rings (SSSR count). The van der Waals surface area contributed by atoms with Gasteiger partial charge in [0.2, 0.25) is 0 Å². The highest BCUT2D eigenvalue weighted by Crippen LogP contribution is 2.24. The Balaban J connectivity index is 1.61. The third kappa shape index (κ3) is 6.55. The molecule has 178 valence electrons. The van der Waals surface area contributed by atoms with E-state index in [2.05, 4.69) is 15.4 Å². The topological polar surface area (TPSA) is 96.5 Å². The Bertz CT molecular complexity index is 1270. The molecule has 0 saturated carbocycles. The van der Waals surface area contributed by atoms with E-state index >= 15 is 0 Å². The number of amides is 1. The van der Waals surface area contributed by atoms with Gasteiger partial charge in [0, 0.05) is 11.3 Å². The number of benzene rings is 3. The third-order valence-electron chi connectivity index (χ3n) is 4.86. The first-order valence-electron chi connectivity index (χ1n) is 10.6. The maximum atomic E-state index is 12.8. The maximum absolute atomic E-state index is 12.8. The Morgan fingerprint density at radius 3 is 2.06 bits per heavy atom. The van der Waals surface area contributed by atoms with Gasteiger partial charge in [-0.25, -0.2) is 8.42 Å². The number of sulfonamides is 1. The predicted octanol–water partition coefficient (Wildman–Crippen LogP) is 5.02. The third-order valence-corrected chi connectivity index (χ3v) is 6.43. The molecule has 1 amide bonds. The van der Waals surface area contributed by atoms with Crippen LogP contribution in [-0.2, 0) is 10.0 Å². The molecule has 0 aliphatic heterocycles. The van der Waals surface area contributed by atoms with Gasteiger partial charge >= 0.3 is 0 Å². The molecule has 3 aromatic rings. The smallest absolute Gasteiger partial charge is 0.261 e. The molecule has 7 nitrogen and oxygen atoms in total. The van der Waals surface area contributed by atoms with Crippen LogP contribution < -0.4 is 20.1 Å². The first kappa shape index (κ1) is 25.2. The average molecular weight is 498 g/mol. The van der Waals surface area contributed by atoms with Gasteiger partial charge in [-0.1, -0.05) is 18.2 Å².